The molecule has 4 heteroatoms. The molecule has 0 bridgehead atoms. The molecule has 1 aromatic carbocycles. The summed E-state index contributed by atoms with van der Waals surface area (Å²) in [6, 6.07) is 5.92. The van der Waals surface area contributed by atoms with Gasteiger partial charge in [-0.2, -0.15) is 0 Å². The quantitative estimate of drug-likeness (QED) is 0.858. The van der Waals surface area contributed by atoms with Crippen molar-refractivity contribution in [2.24, 2.45) is 0 Å². The Kier molecular flexibility index (Phi) is 5.48. The lowest BCUT2D eigenvalue weighted by Gasteiger charge is -2.23. The van der Waals surface area contributed by atoms with E-state index in [4.69, 9.17) is 9.47 Å². The van der Waals surface area contributed by atoms with Crippen molar-refractivity contribution in [2.45, 2.75) is 26.3 Å². The van der Waals surface area contributed by atoms with Crippen molar-refractivity contribution in [2.75, 3.05) is 39.7 Å². The van der Waals surface area contributed by atoms with Crippen LogP contribution in [0.2, 0.25) is 0 Å². The molecule has 19 heavy (non-hydrogen) atoms. The highest BCUT2D eigenvalue weighted by atomic mass is 16.5. The van der Waals surface area contributed by atoms with Gasteiger partial charge in [-0.15, -0.1) is 0 Å². The lowest BCUT2D eigenvalue weighted by Crippen LogP contribution is -2.26. The molecule has 0 saturated carbocycles. The van der Waals surface area contributed by atoms with E-state index < -0.39 is 0 Å². The molecule has 108 valence electrons. The number of rotatable bonds is 6. The molecule has 1 N–H and O–H groups in total. The van der Waals surface area contributed by atoms with Gasteiger partial charge < -0.3 is 19.7 Å². The van der Waals surface area contributed by atoms with Crippen LogP contribution in [0.3, 0.4) is 0 Å². The smallest absolute Gasteiger partial charge is 0.163 e. The average molecular weight is 266 g/mol. The molecule has 0 aromatic heterocycles. The molecule has 0 radical (unpaired) electrons. The van der Waals surface area contributed by atoms with Crippen molar-refractivity contribution < 1.29 is 9.47 Å². The summed E-state index contributed by atoms with van der Waals surface area (Å²) in [6.45, 7) is 7.90. The van der Waals surface area contributed by atoms with Crippen molar-refractivity contribution in [3.63, 3.8) is 0 Å². The Morgan fingerprint density at radius 3 is 2.37 bits per heavy atom. The minimum Gasteiger partial charge on any atom is -0.493 e. The highest BCUT2D eigenvalue weighted by molar-refractivity contribution is 5.55. The van der Waals surface area contributed by atoms with Crippen molar-refractivity contribution in [3.8, 4) is 11.5 Å². The number of hydrogen-bond donors (Lipinski definition) is 1. The highest BCUT2D eigenvalue weighted by Gasteiger charge is 2.12. The van der Waals surface area contributed by atoms with Crippen LogP contribution in [0.15, 0.2) is 18.2 Å². The number of nitrogens with zero attached hydrogens (tertiary/aromatic N) is 1. The Balaban J connectivity index is 2.78. The fourth-order valence-electron chi connectivity index (χ4n) is 1.64. The molecule has 0 unspecified atom stereocenters. The Hall–Kier alpha value is -1.42. The van der Waals surface area contributed by atoms with Gasteiger partial charge in [0.15, 0.2) is 11.5 Å². The molecule has 1 rings (SSSR count). The number of hydrogen-bond acceptors (Lipinski definition) is 4. The number of likely N-dealkylation sites (N-methyl/N-ethyl adjacent to an activating group) is 1. The van der Waals surface area contributed by atoms with Gasteiger partial charge in [0.2, 0.25) is 0 Å². The van der Waals surface area contributed by atoms with E-state index in [2.05, 4.69) is 31.0 Å². The second kappa shape index (κ2) is 6.66. The van der Waals surface area contributed by atoms with E-state index >= 15 is 0 Å². The standard InChI is InChI=1S/C15H26N2O2/c1-15(2,3)16-12-7-8-13(18-6)14(11-12)19-10-9-17(4)5/h7-8,11,16H,9-10H2,1-6H3. The Morgan fingerprint density at radius 1 is 1.16 bits per heavy atom. The predicted molar refractivity (Wildman–Crippen MR) is 80.4 cm³/mol. The van der Waals surface area contributed by atoms with Crippen LogP contribution in [-0.2, 0) is 0 Å². The van der Waals surface area contributed by atoms with E-state index in [-0.39, 0.29) is 5.54 Å². The average Bonchev–Trinajstić information content (AvgIpc) is 2.26. The zero-order chi connectivity index (χ0) is 14.5. The Morgan fingerprint density at radius 2 is 1.84 bits per heavy atom. The zero-order valence-corrected chi connectivity index (χ0v) is 12.9. The third-order valence-electron chi connectivity index (χ3n) is 2.48. The second-order valence-corrected chi connectivity index (χ2v) is 5.89. The van der Waals surface area contributed by atoms with E-state index in [1.54, 1.807) is 7.11 Å². The molecule has 0 atom stereocenters. The summed E-state index contributed by atoms with van der Waals surface area (Å²) >= 11 is 0. The van der Waals surface area contributed by atoms with Gasteiger partial charge in [-0.1, -0.05) is 0 Å². The summed E-state index contributed by atoms with van der Waals surface area (Å²) in [7, 11) is 5.71. The first kappa shape index (κ1) is 15.6. The maximum Gasteiger partial charge on any atom is 0.163 e. The van der Waals surface area contributed by atoms with Crippen molar-refractivity contribution in [1.29, 1.82) is 0 Å². The second-order valence-electron chi connectivity index (χ2n) is 5.89. The molecule has 1 aromatic rings. The lowest BCUT2D eigenvalue weighted by atomic mass is 10.1. The Bertz CT molecular complexity index is 398. The summed E-state index contributed by atoms with van der Waals surface area (Å²) in [4.78, 5) is 2.09. The first-order valence-corrected chi connectivity index (χ1v) is 6.55. The summed E-state index contributed by atoms with van der Waals surface area (Å²) in [5.41, 5.74) is 1.06. The summed E-state index contributed by atoms with van der Waals surface area (Å²) in [6.07, 6.45) is 0. The molecule has 0 aliphatic carbocycles. The van der Waals surface area contributed by atoms with Gasteiger partial charge in [0.05, 0.1) is 7.11 Å². The number of methoxy groups -OCH3 is 1. The summed E-state index contributed by atoms with van der Waals surface area (Å²) in [5, 5.41) is 3.43. The topological polar surface area (TPSA) is 33.7 Å². The molecular formula is C15H26N2O2. The summed E-state index contributed by atoms with van der Waals surface area (Å²) < 4.78 is 11.1. The van der Waals surface area contributed by atoms with Gasteiger partial charge in [-0.3, -0.25) is 0 Å². The third kappa shape index (κ3) is 5.83. The largest absolute Gasteiger partial charge is 0.493 e. The monoisotopic (exact) mass is 266 g/mol. The number of anilines is 1. The van der Waals surface area contributed by atoms with Crippen LogP contribution in [0.25, 0.3) is 0 Å². The molecule has 0 fully saturated rings. The highest BCUT2D eigenvalue weighted by Crippen LogP contribution is 2.31. The normalized spacial score (nSPS) is 11.5. The first-order valence-electron chi connectivity index (χ1n) is 6.55. The predicted octanol–water partition coefficient (Wildman–Crippen LogP) is 2.85. The lowest BCUT2D eigenvalue weighted by molar-refractivity contribution is 0.251. The van der Waals surface area contributed by atoms with Gasteiger partial charge >= 0.3 is 0 Å². The van der Waals surface area contributed by atoms with Crippen molar-refractivity contribution >= 4 is 5.69 Å². The Labute approximate surface area is 116 Å². The summed E-state index contributed by atoms with van der Waals surface area (Å²) in [5.74, 6) is 1.54. The van der Waals surface area contributed by atoms with Gasteiger partial charge in [-0.25, -0.2) is 0 Å². The van der Waals surface area contributed by atoms with E-state index in [9.17, 15) is 0 Å². The molecule has 0 heterocycles. The molecule has 0 amide bonds. The van der Waals surface area contributed by atoms with Gasteiger partial charge in [0, 0.05) is 23.8 Å². The molecule has 4 nitrogen and oxygen atoms in total. The SMILES string of the molecule is COc1ccc(NC(C)(C)C)cc1OCCN(C)C. The maximum atomic E-state index is 5.79. The van der Waals surface area contributed by atoms with Gasteiger partial charge in [0.25, 0.3) is 0 Å². The molecule has 0 aliphatic heterocycles. The minimum atomic E-state index is 0.0233. The molecular weight excluding hydrogens is 240 g/mol. The van der Waals surface area contributed by atoms with Crippen LogP contribution >= 0.6 is 0 Å². The van der Waals surface area contributed by atoms with Gasteiger partial charge in [-0.05, 0) is 47.0 Å². The number of ether oxygens (including phenoxy) is 2. The van der Waals surface area contributed by atoms with Crippen LogP contribution in [0.5, 0.6) is 11.5 Å². The zero-order valence-electron chi connectivity index (χ0n) is 12.9. The van der Waals surface area contributed by atoms with Crippen LogP contribution in [0.1, 0.15) is 20.8 Å². The van der Waals surface area contributed by atoms with Crippen molar-refractivity contribution in [1.82, 2.24) is 4.90 Å². The number of nitrogens with one attached hydrogen (secondary N) is 1. The minimum absolute atomic E-state index is 0.0233. The van der Waals surface area contributed by atoms with Gasteiger partial charge in [0.1, 0.15) is 6.61 Å². The fraction of sp³-hybridized carbons (Fsp3) is 0.600. The number of benzene rings is 1. The van der Waals surface area contributed by atoms with Crippen LogP contribution in [-0.4, -0.2) is 44.8 Å². The van der Waals surface area contributed by atoms with E-state index in [0.717, 1.165) is 23.7 Å². The molecule has 0 aliphatic rings. The maximum absolute atomic E-state index is 5.79. The van der Waals surface area contributed by atoms with E-state index in [0.29, 0.717) is 6.61 Å². The molecule has 0 saturated heterocycles. The first-order chi connectivity index (χ1) is 8.81. The van der Waals surface area contributed by atoms with E-state index in [1.807, 2.05) is 32.3 Å². The fourth-order valence-corrected chi connectivity index (χ4v) is 1.64. The molecule has 0 spiro atoms. The van der Waals surface area contributed by atoms with Crippen LogP contribution in [0, 0.1) is 0 Å². The van der Waals surface area contributed by atoms with Crippen LogP contribution in [0.4, 0.5) is 5.69 Å². The third-order valence-corrected chi connectivity index (χ3v) is 2.48. The van der Waals surface area contributed by atoms with Crippen molar-refractivity contribution in [3.05, 3.63) is 18.2 Å². The van der Waals surface area contributed by atoms with Crippen LogP contribution < -0.4 is 14.8 Å². The van der Waals surface area contributed by atoms with E-state index in [1.165, 1.54) is 0 Å².